The monoisotopic (exact) mass is 504 g/mol. The average Bonchev–Trinajstić information content (AvgIpc) is 2.73. The van der Waals surface area contributed by atoms with Gasteiger partial charge in [0.05, 0.1) is 18.9 Å². The molecule has 0 amide bonds. The minimum atomic E-state index is -1.58. The molecular formula is C18H36N2O14. The van der Waals surface area contributed by atoms with Crippen LogP contribution >= 0.6 is 0 Å². The van der Waals surface area contributed by atoms with Gasteiger partial charge < -0.3 is 62.2 Å². The fourth-order valence-electron chi connectivity index (χ4n) is 1.30. The summed E-state index contributed by atoms with van der Waals surface area (Å²) in [5.74, 6) is -4.75. The number of carbonyl (C=O) groups is 5. The summed E-state index contributed by atoms with van der Waals surface area (Å²) >= 11 is 0. The van der Waals surface area contributed by atoms with Crippen LogP contribution in [0.2, 0.25) is 0 Å². The molecule has 13 N–H and O–H groups in total. The van der Waals surface area contributed by atoms with Crippen LogP contribution in [0, 0.1) is 0 Å². The number of aliphatic carboxylic acids is 3. The molecule has 0 aromatic carbocycles. The molecule has 0 bridgehead atoms. The zero-order chi connectivity index (χ0) is 27.7. The van der Waals surface area contributed by atoms with E-state index in [4.69, 9.17) is 57.4 Å². The molecule has 0 saturated carbocycles. The fourth-order valence-corrected chi connectivity index (χ4v) is 1.30. The lowest BCUT2D eigenvalue weighted by atomic mass is 10.1. The van der Waals surface area contributed by atoms with Gasteiger partial charge in [-0.15, -0.1) is 0 Å². The molecule has 16 nitrogen and oxygen atoms in total. The van der Waals surface area contributed by atoms with E-state index in [9.17, 15) is 24.0 Å². The van der Waals surface area contributed by atoms with Crippen LogP contribution < -0.4 is 11.5 Å². The van der Waals surface area contributed by atoms with E-state index in [1.165, 1.54) is 0 Å². The molecule has 0 aliphatic rings. The summed E-state index contributed by atoms with van der Waals surface area (Å²) in [4.78, 5) is 48.8. The van der Waals surface area contributed by atoms with E-state index in [1.807, 2.05) is 0 Å². The molecule has 0 unspecified atom stereocenters. The second-order valence-electron chi connectivity index (χ2n) is 6.27. The summed E-state index contributed by atoms with van der Waals surface area (Å²) < 4.78 is 0. The number of aliphatic hydroxyl groups is 6. The first-order valence-electron chi connectivity index (χ1n) is 9.79. The molecule has 0 aromatic heterocycles. The predicted octanol–water partition coefficient (Wildman–Crippen LogP) is -3.69. The first-order valence-corrected chi connectivity index (χ1v) is 9.79. The Morgan fingerprint density at radius 2 is 1.21 bits per heavy atom. The van der Waals surface area contributed by atoms with Gasteiger partial charge in [-0.3, -0.25) is 14.4 Å². The van der Waals surface area contributed by atoms with Crippen LogP contribution in [0.15, 0.2) is 0 Å². The SMILES string of the molecule is NCCCC(O)O.N[C@@H](CCC(O)O)C(O)O.O=C(O)CCC(=O)C(=O)O.O=CCCC(=O)O. The Morgan fingerprint density at radius 1 is 0.735 bits per heavy atom. The molecule has 0 saturated heterocycles. The number of carboxylic acid groups (broad SMARTS) is 3. The van der Waals surface area contributed by atoms with Crippen molar-refractivity contribution in [2.45, 2.75) is 76.3 Å². The van der Waals surface area contributed by atoms with Gasteiger partial charge in [0.25, 0.3) is 0 Å². The van der Waals surface area contributed by atoms with Crippen LogP contribution in [-0.4, -0.2) is 107 Å². The van der Waals surface area contributed by atoms with Gasteiger partial charge in [-0.05, 0) is 32.2 Å². The van der Waals surface area contributed by atoms with Crippen molar-refractivity contribution in [2.24, 2.45) is 11.5 Å². The third-order valence-corrected chi connectivity index (χ3v) is 3.09. The molecule has 202 valence electrons. The number of hydrogen-bond donors (Lipinski definition) is 11. The number of Topliss-reactive ketones (excluding diaryl/α,β-unsaturated/α-hetero) is 1. The quantitative estimate of drug-likeness (QED) is 0.0615. The summed E-state index contributed by atoms with van der Waals surface area (Å²) in [7, 11) is 0. The van der Waals surface area contributed by atoms with Crippen molar-refractivity contribution in [2.75, 3.05) is 6.54 Å². The number of ketones is 1. The minimum absolute atomic E-state index is 0.0521. The average molecular weight is 504 g/mol. The zero-order valence-electron chi connectivity index (χ0n) is 18.5. The van der Waals surface area contributed by atoms with Gasteiger partial charge in [0.2, 0.25) is 5.78 Å². The van der Waals surface area contributed by atoms with E-state index in [2.05, 4.69) is 0 Å². The standard InChI is InChI=1S/C5H13NO4.C5H6O5.C4H11NO2.C4H6O3/c2*6-3(5(9)10)1-2-4(7)8;2*5-3-1-2-4(6)7/h3-5,7-10H,1-2,6H2;1-2H2,(H,7,8)(H,9,10);4,6-7H,1-3,5H2;3H,1-2H2,(H,6,7)/t3-;;;/m0.../s1. The number of aliphatic hydroxyl groups excluding tert-OH is 3. The summed E-state index contributed by atoms with van der Waals surface area (Å²) in [6, 6.07) is -0.804. The van der Waals surface area contributed by atoms with Crippen LogP contribution in [0.4, 0.5) is 0 Å². The lowest BCUT2D eigenvalue weighted by molar-refractivity contribution is -0.149. The molecule has 0 aliphatic heterocycles. The van der Waals surface area contributed by atoms with Crippen molar-refractivity contribution in [3.8, 4) is 0 Å². The fraction of sp³-hybridized carbons (Fsp3) is 0.722. The van der Waals surface area contributed by atoms with Crippen molar-refractivity contribution >= 4 is 30.0 Å². The van der Waals surface area contributed by atoms with Gasteiger partial charge in [-0.2, -0.15) is 0 Å². The van der Waals surface area contributed by atoms with Crippen LogP contribution in [0.5, 0.6) is 0 Å². The highest BCUT2D eigenvalue weighted by Gasteiger charge is 2.12. The summed E-state index contributed by atoms with van der Waals surface area (Å²) in [5.41, 5.74) is 10.2. The molecule has 16 heteroatoms. The van der Waals surface area contributed by atoms with E-state index in [0.29, 0.717) is 25.7 Å². The van der Waals surface area contributed by atoms with Gasteiger partial charge in [0.1, 0.15) is 6.29 Å². The van der Waals surface area contributed by atoms with Crippen molar-refractivity contribution in [1.82, 2.24) is 0 Å². The minimum Gasteiger partial charge on any atom is -0.481 e. The van der Waals surface area contributed by atoms with Gasteiger partial charge >= 0.3 is 17.9 Å². The highest BCUT2D eigenvalue weighted by Crippen LogP contribution is 1.99. The highest BCUT2D eigenvalue weighted by atomic mass is 16.5. The summed E-state index contributed by atoms with van der Waals surface area (Å²) in [6.45, 7) is 0.525. The van der Waals surface area contributed by atoms with E-state index in [-0.39, 0.29) is 25.7 Å². The lowest BCUT2D eigenvalue weighted by Gasteiger charge is -2.13. The number of rotatable bonds is 14. The van der Waals surface area contributed by atoms with Gasteiger partial charge in [-0.25, -0.2) is 4.79 Å². The molecule has 0 aromatic rings. The van der Waals surface area contributed by atoms with E-state index >= 15 is 0 Å². The number of aldehydes is 1. The Bertz CT molecular complexity index is 555. The first-order chi connectivity index (χ1) is 15.6. The van der Waals surface area contributed by atoms with Crippen LogP contribution in [0.3, 0.4) is 0 Å². The number of nitrogens with two attached hydrogens (primary N) is 2. The van der Waals surface area contributed by atoms with Gasteiger partial charge in [0, 0.05) is 12.8 Å². The van der Waals surface area contributed by atoms with Crippen molar-refractivity contribution in [3.05, 3.63) is 0 Å². The summed E-state index contributed by atoms with van der Waals surface area (Å²) in [6.07, 6.45) is -3.10. The maximum Gasteiger partial charge on any atom is 0.372 e. The predicted molar refractivity (Wildman–Crippen MR) is 113 cm³/mol. The van der Waals surface area contributed by atoms with Crippen LogP contribution in [0.25, 0.3) is 0 Å². The molecule has 0 fully saturated rings. The first kappa shape index (κ1) is 38.7. The number of hydrogen-bond acceptors (Lipinski definition) is 13. The van der Waals surface area contributed by atoms with Crippen molar-refractivity contribution < 1.29 is 69.9 Å². The normalized spacial score (nSPS) is 10.7. The third kappa shape index (κ3) is 43.3. The Labute approximate surface area is 195 Å². The molecule has 1 atom stereocenters. The number of carbonyl (C=O) groups excluding carboxylic acids is 2. The second-order valence-corrected chi connectivity index (χ2v) is 6.27. The zero-order valence-corrected chi connectivity index (χ0v) is 18.5. The van der Waals surface area contributed by atoms with E-state index in [0.717, 1.165) is 0 Å². The maximum atomic E-state index is 10.2. The Hall–Kier alpha value is -2.57. The van der Waals surface area contributed by atoms with Gasteiger partial charge in [-0.1, -0.05) is 0 Å². The lowest BCUT2D eigenvalue weighted by Crippen LogP contribution is -2.35. The van der Waals surface area contributed by atoms with E-state index in [1.54, 1.807) is 0 Å². The highest BCUT2D eigenvalue weighted by molar-refractivity contribution is 6.32. The molecule has 0 radical (unpaired) electrons. The van der Waals surface area contributed by atoms with Crippen molar-refractivity contribution in [3.63, 3.8) is 0 Å². The van der Waals surface area contributed by atoms with Crippen molar-refractivity contribution in [1.29, 1.82) is 0 Å². The largest absolute Gasteiger partial charge is 0.481 e. The molecule has 0 spiro atoms. The smallest absolute Gasteiger partial charge is 0.372 e. The van der Waals surface area contributed by atoms with Crippen LogP contribution in [0.1, 0.15) is 51.4 Å². The Kier molecular flexibility index (Phi) is 30.4. The molecule has 0 aliphatic carbocycles. The topological polar surface area (TPSA) is 319 Å². The Balaban J connectivity index is -0.000000179. The second kappa shape index (κ2) is 26.7. The molecule has 0 heterocycles. The molecular weight excluding hydrogens is 468 g/mol. The Morgan fingerprint density at radius 3 is 1.44 bits per heavy atom. The molecule has 34 heavy (non-hydrogen) atoms. The van der Waals surface area contributed by atoms with Gasteiger partial charge in [0.15, 0.2) is 18.9 Å². The number of carboxylic acids is 3. The summed E-state index contributed by atoms with van der Waals surface area (Å²) in [5, 5.41) is 73.6. The maximum absolute atomic E-state index is 10.2. The van der Waals surface area contributed by atoms with Crippen LogP contribution in [-0.2, 0) is 24.0 Å². The van der Waals surface area contributed by atoms with E-state index < -0.39 is 61.4 Å². The third-order valence-electron chi connectivity index (χ3n) is 3.09. The molecule has 0 rings (SSSR count).